The van der Waals surface area contributed by atoms with Crippen molar-refractivity contribution in [3.8, 4) is 11.5 Å². The fraction of sp³-hybridized carbons (Fsp3) is 0.481. The van der Waals surface area contributed by atoms with Crippen LogP contribution in [0.4, 0.5) is 0 Å². The molecule has 22 unspecified atom stereocenters. The Kier molecular flexibility index (Phi) is 23.0. The van der Waals surface area contributed by atoms with Gasteiger partial charge in [0.1, 0.15) is 156 Å². The van der Waals surface area contributed by atoms with E-state index in [0.717, 1.165) is 24.3 Å². The number of carbonyl (C=O) groups excluding carboxylic acids is 4. The molecule has 8 rings (SSSR count). The predicted octanol–water partition coefficient (Wildman–Crippen LogP) is -11.6. The first-order valence-corrected chi connectivity index (χ1v) is 25.9. The fourth-order valence-corrected chi connectivity index (χ4v) is 10.5. The summed E-state index contributed by atoms with van der Waals surface area (Å²) in [4.78, 5) is 54.1. The number of aliphatic hydroxyl groups is 20. The maximum Gasteiger partial charge on any atom is 2.00 e. The van der Waals surface area contributed by atoms with E-state index in [0.29, 0.717) is 11.1 Å². The number of phenols is 2. The van der Waals surface area contributed by atoms with Crippen molar-refractivity contribution in [3.63, 3.8) is 0 Å². The maximum atomic E-state index is 13.9. The second kappa shape index (κ2) is 28.3. The predicted molar refractivity (Wildman–Crippen MR) is 278 cm³/mol. The molecule has 4 heterocycles. The standard InChI is InChI=1S/2C27H32O16.Ca/c2*28-7-12-16(32)19(35)21(37)23(42-12)15-18(34)14(11(31)6-3-9-1-4-10(30)5-2-9)24(39)27(41,25(15)40)26-22(38)20(36)17(33)13(8-29)43-26;/h2*1-6,12-13,16-17,19-23,26,28-30,32-38,40-41H,7-8H2;/q;;+2/p-2/b2*6-3+;. The summed E-state index contributed by atoms with van der Waals surface area (Å²) in [5, 5.41) is 255. The molecule has 2 aliphatic carbocycles. The van der Waals surface area contributed by atoms with Crippen LogP contribution in [0, 0.1) is 0 Å². The molecule has 6 aliphatic rings. The Balaban J connectivity index is 0.000000275. The number of benzene rings is 2. The van der Waals surface area contributed by atoms with Crippen LogP contribution >= 0.6 is 0 Å². The molecule has 22 N–H and O–H groups in total. The topological polar surface area (TPSA) is 596 Å². The SMILES string of the molecule is O=C(/C=C/c1ccc(O)cc1)C1=C(O)C(C2OC(CO)C(O)C(O)C2O)=C([O-])C(O)(C2OC(CO)C(O)C(O)C2O)C1=O.O=C(/C=C/c1ccc(O)cc1)C1=C(O)C(C2OC(CO)C(O)C(O)C2O)=C([O-])C(O)(C2OC(CO)C(O)C(O)C2O)C1=O.[Ca+2]. The summed E-state index contributed by atoms with van der Waals surface area (Å²) in [5.74, 6) is -13.1. The van der Waals surface area contributed by atoms with Crippen LogP contribution in [0.15, 0.2) is 106 Å². The van der Waals surface area contributed by atoms with Gasteiger partial charge in [0.15, 0.2) is 22.8 Å². The van der Waals surface area contributed by atoms with Crippen molar-refractivity contribution in [2.45, 2.75) is 133 Å². The Morgan fingerprint density at radius 3 is 0.966 bits per heavy atom. The van der Waals surface area contributed by atoms with Crippen LogP contribution in [0.25, 0.3) is 12.2 Å². The van der Waals surface area contributed by atoms with Gasteiger partial charge in [0.05, 0.1) is 26.4 Å². The number of allylic oxidation sites excluding steroid dienone is 2. The van der Waals surface area contributed by atoms with Crippen molar-refractivity contribution in [1.82, 2.24) is 0 Å². The minimum Gasteiger partial charge on any atom is -0.873 e. The molecular formula is C54H62CaO32. The third-order valence-corrected chi connectivity index (χ3v) is 15.4. The number of ketones is 4. The molecule has 4 saturated heterocycles. The van der Waals surface area contributed by atoms with Crippen LogP contribution in [0.3, 0.4) is 0 Å². The van der Waals surface area contributed by atoms with E-state index in [4.69, 9.17) is 18.9 Å². The van der Waals surface area contributed by atoms with Crippen LogP contribution in [0.5, 0.6) is 11.5 Å². The molecule has 0 amide bonds. The summed E-state index contributed by atoms with van der Waals surface area (Å²) in [5.41, 5.74) is -11.7. The van der Waals surface area contributed by atoms with E-state index < -0.39 is 228 Å². The summed E-state index contributed by atoms with van der Waals surface area (Å²) in [6.45, 7) is -4.04. The Bertz CT molecular complexity index is 2840. The van der Waals surface area contributed by atoms with Crippen LogP contribution < -0.4 is 10.2 Å². The number of aliphatic hydroxyl groups excluding tert-OH is 18. The molecule has 0 radical (unpaired) electrons. The largest absolute Gasteiger partial charge is 2.00 e. The van der Waals surface area contributed by atoms with E-state index in [2.05, 4.69) is 0 Å². The Labute approximate surface area is 519 Å². The van der Waals surface area contributed by atoms with E-state index in [1.54, 1.807) is 0 Å². The van der Waals surface area contributed by atoms with Crippen molar-refractivity contribution in [2.24, 2.45) is 0 Å². The van der Waals surface area contributed by atoms with Crippen LogP contribution in [0.1, 0.15) is 11.1 Å². The molecule has 32 nitrogen and oxygen atoms in total. The van der Waals surface area contributed by atoms with Gasteiger partial charge in [-0.25, -0.2) is 0 Å². The average molecular weight is 1260 g/mol. The molecule has 472 valence electrons. The van der Waals surface area contributed by atoms with Gasteiger partial charge in [0, 0.05) is 11.1 Å². The first-order chi connectivity index (χ1) is 40.4. The molecule has 2 aromatic carbocycles. The van der Waals surface area contributed by atoms with Crippen molar-refractivity contribution in [3.05, 3.63) is 117 Å². The van der Waals surface area contributed by atoms with E-state index in [-0.39, 0.29) is 49.2 Å². The van der Waals surface area contributed by atoms with Gasteiger partial charge in [-0.3, -0.25) is 19.2 Å². The summed E-state index contributed by atoms with van der Waals surface area (Å²) >= 11 is 0. The number of carbonyl (C=O) groups is 4. The van der Waals surface area contributed by atoms with E-state index in [9.17, 15) is 142 Å². The average Bonchev–Trinajstić information content (AvgIpc) is 1.05. The molecule has 87 heavy (non-hydrogen) atoms. The molecule has 22 atom stereocenters. The quantitative estimate of drug-likeness (QED) is 0.0474. The third-order valence-electron chi connectivity index (χ3n) is 15.4. The minimum atomic E-state index is -3.67. The number of hydrogen-bond donors (Lipinski definition) is 22. The number of aromatic hydroxyl groups is 2. The Morgan fingerprint density at radius 1 is 0.425 bits per heavy atom. The van der Waals surface area contributed by atoms with E-state index in [1.807, 2.05) is 0 Å². The monoisotopic (exact) mass is 1260 g/mol. The summed E-state index contributed by atoms with van der Waals surface area (Å²) in [6, 6.07) is 10.6. The van der Waals surface area contributed by atoms with Gasteiger partial charge in [-0.2, -0.15) is 0 Å². The zero-order valence-electron chi connectivity index (χ0n) is 44.9. The Hall–Kier alpha value is -5.26. The van der Waals surface area contributed by atoms with Gasteiger partial charge in [-0.15, -0.1) is 0 Å². The third kappa shape index (κ3) is 12.9. The fourth-order valence-electron chi connectivity index (χ4n) is 10.5. The van der Waals surface area contributed by atoms with Gasteiger partial charge in [-0.05, 0) is 47.5 Å². The first kappa shape index (κ1) is 70.8. The first-order valence-electron chi connectivity index (χ1n) is 25.9. The van der Waals surface area contributed by atoms with Gasteiger partial charge in [0.25, 0.3) is 0 Å². The Morgan fingerprint density at radius 2 is 0.690 bits per heavy atom. The molecule has 4 aliphatic heterocycles. The van der Waals surface area contributed by atoms with Gasteiger partial charge >= 0.3 is 37.7 Å². The summed E-state index contributed by atoms with van der Waals surface area (Å²) in [7, 11) is 0. The van der Waals surface area contributed by atoms with Crippen LogP contribution in [0.2, 0.25) is 0 Å². The second-order valence-electron chi connectivity index (χ2n) is 20.7. The normalized spacial score (nSPS) is 38.6. The minimum absolute atomic E-state index is 0. The molecule has 0 saturated carbocycles. The molecule has 4 fully saturated rings. The molecule has 33 heteroatoms. The maximum absolute atomic E-state index is 13.9. The van der Waals surface area contributed by atoms with Crippen molar-refractivity contribution in [1.29, 1.82) is 0 Å². The van der Waals surface area contributed by atoms with Crippen molar-refractivity contribution < 1.29 is 161 Å². The number of Topliss-reactive ketones (excluding diaryl/α,β-unsaturated/α-hetero) is 2. The van der Waals surface area contributed by atoms with Crippen molar-refractivity contribution >= 4 is 73.0 Å². The smallest absolute Gasteiger partial charge is 0.873 e. The van der Waals surface area contributed by atoms with E-state index >= 15 is 0 Å². The van der Waals surface area contributed by atoms with Crippen molar-refractivity contribution in [2.75, 3.05) is 26.4 Å². The zero-order valence-corrected chi connectivity index (χ0v) is 47.1. The molecular weight excluding hydrogens is 1200 g/mol. The molecule has 0 spiro atoms. The molecule has 2 aromatic rings. The van der Waals surface area contributed by atoms with Crippen LogP contribution in [-0.4, -0.2) is 333 Å². The number of phenolic OH excluding ortho intramolecular Hbond substituents is 2. The van der Waals surface area contributed by atoms with Gasteiger partial charge in [-0.1, -0.05) is 47.9 Å². The van der Waals surface area contributed by atoms with E-state index in [1.165, 1.54) is 48.5 Å². The number of ether oxygens (including phenoxy) is 4. The second-order valence-corrected chi connectivity index (χ2v) is 20.7. The summed E-state index contributed by atoms with van der Waals surface area (Å²) in [6.07, 6.45) is -38.2. The van der Waals surface area contributed by atoms with Crippen LogP contribution in [-0.2, 0) is 38.1 Å². The number of hydrogen-bond acceptors (Lipinski definition) is 32. The van der Waals surface area contributed by atoms with Gasteiger partial charge in [0.2, 0.25) is 11.6 Å². The summed E-state index contributed by atoms with van der Waals surface area (Å²) < 4.78 is 21.2. The molecule has 0 aromatic heterocycles. The zero-order chi connectivity index (χ0) is 63.9. The number of rotatable bonds is 14. The van der Waals surface area contributed by atoms with Gasteiger partial charge < -0.3 is 142 Å². The molecule has 0 bridgehead atoms.